The first-order valence-electron chi connectivity index (χ1n) is 3.61. The summed E-state index contributed by atoms with van der Waals surface area (Å²) in [6.45, 7) is 0. The maximum absolute atomic E-state index is 8.52. The standard InChI is InChI=1S/C9H6N2O/c10-5-4-7-2-1-3-9-8(7)6-11-12-9/h1-3,6H,4H2. The summed E-state index contributed by atoms with van der Waals surface area (Å²) in [7, 11) is 0. The fraction of sp³-hybridized carbons (Fsp3) is 0.111. The molecule has 0 aliphatic rings. The van der Waals surface area contributed by atoms with Gasteiger partial charge in [-0.2, -0.15) is 5.26 Å². The second-order valence-corrected chi connectivity index (χ2v) is 2.49. The predicted octanol–water partition coefficient (Wildman–Crippen LogP) is 1.89. The first kappa shape index (κ1) is 6.86. The van der Waals surface area contributed by atoms with Gasteiger partial charge in [-0.1, -0.05) is 17.3 Å². The fourth-order valence-corrected chi connectivity index (χ4v) is 1.19. The third-order valence-corrected chi connectivity index (χ3v) is 1.76. The van der Waals surface area contributed by atoms with Crippen LogP contribution in [-0.4, -0.2) is 5.16 Å². The normalized spacial score (nSPS) is 9.92. The van der Waals surface area contributed by atoms with E-state index in [-0.39, 0.29) is 0 Å². The summed E-state index contributed by atoms with van der Waals surface area (Å²) in [5.74, 6) is 0. The van der Waals surface area contributed by atoms with Crippen molar-refractivity contribution in [3.63, 3.8) is 0 Å². The number of fused-ring (bicyclic) bond motifs is 1. The maximum Gasteiger partial charge on any atom is 0.167 e. The van der Waals surface area contributed by atoms with Crippen LogP contribution in [0.15, 0.2) is 28.9 Å². The smallest absolute Gasteiger partial charge is 0.167 e. The van der Waals surface area contributed by atoms with E-state index in [9.17, 15) is 0 Å². The Labute approximate surface area is 69.2 Å². The van der Waals surface area contributed by atoms with Gasteiger partial charge in [0.2, 0.25) is 0 Å². The molecule has 0 radical (unpaired) electrons. The van der Waals surface area contributed by atoms with E-state index in [4.69, 9.17) is 9.78 Å². The van der Waals surface area contributed by atoms with Crippen LogP contribution in [0.1, 0.15) is 5.56 Å². The lowest BCUT2D eigenvalue weighted by molar-refractivity contribution is 0.456. The molecule has 1 aromatic carbocycles. The number of benzene rings is 1. The summed E-state index contributed by atoms with van der Waals surface area (Å²) < 4.78 is 4.95. The molecule has 0 bridgehead atoms. The average Bonchev–Trinajstić information content (AvgIpc) is 2.53. The minimum absolute atomic E-state index is 0.401. The summed E-state index contributed by atoms with van der Waals surface area (Å²) >= 11 is 0. The largest absolute Gasteiger partial charge is 0.356 e. The second-order valence-electron chi connectivity index (χ2n) is 2.49. The molecule has 0 unspecified atom stereocenters. The average molecular weight is 158 g/mol. The van der Waals surface area contributed by atoms with Crippen molar-refractivity contribution in [3.05, 3.63) is 30.0 Å². The summed E-state index contributed by atoms with van der Waals surface area (Å²) in [6.07, 6.45) is 2.04. The van der Waals surface area contributed by atoms with Crippen LogP contribution in [0.4, 0.5) is 0 Å². The van der Waals surface area contributed by atoms with Crippen molar-refractivity contribution in [1.82, 2.24) is 5.16 Å². The van der Waals surface area contributed by atoms with Crippen molar-refractivity contribution < 1.29 is 4.52 Å². The van der Waals surface area contributed by atoms with Gasteiger partial charge in [-0.25, -0.2) is 0 Å². The first-order chi connectivity index (χ1) is 5.92. The van der Waals surface area contributed by atoms with E-state index in [0.29, 0.717) is 6.42 Å². The lowest BCUT2D eigenvalue weighted by Crippen LogP contribution is -1.80. The molecule has 0 spiro atoms. The lowest BCUT2D eigenvalue weighted by Gasteiger charge is -1.92. The van der Waals surface area contributed by atoms with Crippen molar-refractivity contribution in [1.29, 1.82) is 5.26 Å². The third-order valence-electron chi connectivity index (χ3n) is 1.76. The van der Waals surface area contributed by atoms with Crippen LogP contribution in [0, 0.1) is 11.3 Å². The Morgan fingerprint density at radius 1 is 1.50 bits per heavy atom. The Hall–Kier alpha value is -1.82. The zero-order chi connectivity index (χ0) is 8.39. The molecule has 58 valence electrons. The van der Waals surface area contributed by atoms with Gasteiger partial charge in [-0.05, 0) is 11.6 Å². The molecule has 0 aliphatic carbocycles. The minimum Gasteiger partial charge on any atom is -0.356 e. The Morgan fingerprint density at radius 2 is 2.42 bits per heavy atom. The van der Waals surface area contributed by atoms with Crippen molar-refractivity contribution in [3.8, 4) is 6.07 Å². The molecule has 2 aromatic rings. The number of aromatic nitrogens is 1. The van der Waals surface area contributed by atoms with E-state index in [1.165, 1.54) is 0 Å². The van der Waals surface area contributed by atoms with Crippen LogP contribution < -0.4 is 0 Å². The third kappa shape index (κ3) is 0.940. The Balaban J connectivity index is 2.67. The van der Waals surface area contributed by atoms with E-state index in [1.54, 1.807) is 6.20 Å². The molecule has 0 fully saturated rings. The molecule has 1 heterocycles. The molecule has 0 saturated carbocycles. The fourth-order valence-electron chi connectivity index (χ4n) is 1.19. The maximum atomic E-state index is 8.52. The molecule has 2 rings (SSSR count). The summed E-state index contributed by atoms with van der Waals surface area (Å²) in [6, 6.07) is 7.70. The lowest BCUT2D eigenvalue weighted by atomic mass is 10.1. The number of nitriles is 1. The molecule has 3 heteroatoms. The SMILES string of the molecule is N#CCc1cccc2oncc12. The Kier molecular flexibility index (Phi) is 1.52. The summed E-state index contributed by atoms with van der Waals surface area (Å²) in [4.78, 5) is 0. The number of hydrogen-bond donors (Lipinski definition) is 0. The topological polar surface area (TPSA) is 49.8 Å². The van der Waals surface area contributed by atoms with E-state index in [0.717, 1.165) is 16.5 Å². The highest BCUT2D eigenvalue weighted by Crippen LogP contribution is 2.17. The van der Waals surface area contributed by atoms with E-state index in [2.05, 4.69) is 11.2 Å². The van der Waals surface area contributed by atoms with E-state index < -0.39 is 0 Å². The number of rotatable bonds is 1. The van der Waals surface area contributed by atoms with Crippen molar-refractivity contribution in [2.75, 3.05) is 0 Å². The molecule has 0 amide bonds. The second kappa shape index (κ2) is 2.67. The van der Waals surface area contributed by atoms with Crippen LogP contribution >= 0.6 is 0 Å². The molecule has 1 aromatic heterocycles. The van der Waals surface area contributed by atoms with Crippen molar-refractivity contribution in [2.45, 2.75) is 6.42 Å². The van der Waals surface area contributed by atoms with Gasteiger partial charge in [0, 0.05) is 5.39 Å². The molecule has 0 N–H and O–H groups in total. The van der Waals surface area contributed by atoms with E-state index >= 15 is 0 Å². The van der Waals surface area contributed by atoms with E-state index in [1.807, 2.05) is 18.2 Å². The molecule has 0 aliphatic heterocycles. The predicted molar refractivity (Wildman–Crippen MR) is 43.3 cm³/mol. The molecule has 12 heavy (non-hydrogen) atoms. The quantitative estimate of drug-likeness (QED) is 0.636. The molecular formula is C9H6N2O. The van der Waals surface area contributed by atoms with Gasteiger partial charge in [-0.3, -0.25) is 0 Å². The van der Waals surface area contributed by atoms with Gasteiger partial charge in [0.1, 0.15) is 0 Å². The molecule has 0 saturated heterocycles. The highest BCUT2D eigenvalue weighted by atomic mass is 16.5. The van der Waals surface area contributed by atoms with Crippen molar-refractivity contribution in [2.24, 2.45) is 0 Å². The van der Waals surface area contributed by atoms with Crippen molar-refractivity contribution >= 4 is 11.0 Å². The Bertz CT molecular complexity index is 439. The van der Waals surface area contributed by atoms with Crippen LogP contribution in [0.25, 0.3) is 11.0 Å². The minimum atomic E-state index is 0.401. The van der Waals surface area contributed by atoms with Gasteiger partial charge in [0.25, 0.3) is 0 Å². The summed E-state index contributed by atoms with van der Waals surface area (Å²) in [5, 5.41) is 13.1. The summed E-state index contributed by atoms with van der Waals surface area (Å²) in [5.41, 5.74) is 1.71. The van der Waals surface area contributed by atoms with Crippen LogP contribution in [0.3, 0.4) is 0 Å². The van der Waals surface area contributed by atoms with Crippen LogP contribution in [0.5, 0.6) is 0 Å². The van der Waals surface area contributed by atoms with Crippen LogP contribution in [-0.2, 0) is 6.42 Å². The van der Waals surface area contributed by atoms with Gasteiger partial charge >= 0.3 is 0 Å². The Morgan fingerprint density at radius 3 is 3.25 bits per heavy atom. The molecule has 0 atom stereocenters. The van der Waals surface area contributed by atoms with Gasteiger partial charge < -0.3 is 4.52 Å². The zero-order valence-corrected chi connectivity index (χ0v) is 6.32. The number of hydrogen-bond acceptors (Lipinski definition) is 3. The van der Waals surface area contributed by atoms with Gasteiger partial charge in [0.05, 0.1) is 18.7 Å². The highest BCUT2D eigenvalue weighted by Gasteiger charge is 2.02. The number of nitrogens with zero attached hydrogens (tertiary/aromatic N) is 2. The zero-order valence-electron chi connectivity index (χ0n) is 6.32. The van der Waals surface area contributed by atoms with Gasteiger partial charge in [0.15, 0.2) is 5.58 Å². The monoisotopic (exact) mass is 158 g/mol. The van der Waals surface area contributed by atoms with Gasteiger partial charge in [-0.15, -0.1) is 0 Å². The van der Waals surface area contributed by atoms with Crippen LogP contribution in [0.2, 0.25) is 0 Å². The highest BCUT2D eigenvalue weighted by molar-refractivity contribution is 5.79. The molecule has 3 nitrogen and oxygen atoms in total. The molecular weight excluding hydrogens is 152 g/mol. The first-order valence-corrected chi connectivity index (χ1v) is 3.61.